The lowest BCUT2D eigenvalue weighted by Gasteiger charge is -2.11. The van der Waals surface area contributed by atoms with Crippen LogP contribution in [0.1, 0.15) is 15.4 Å². The second-order valence-corrected chi connectivity index (χ2v) is 6.33. The number of pyridine rings is 1. The van der Waals surface area contributed by atoms with Gasteiger partial charge in [-0.25, -0.2) is 14.4 Å². The molecule has 3 rings (SSSR count). The molecule has 5 nitrogen and oxygen atoms in total. The molecule has 0 bridgehead atoms. The molecule has 2 heterocycles. The number of carbonyl (C=O) groups excluding carboxylic acids is 1. The molecular formula is C16H15FN4OS. The molecule has 0 fully saturated rings. The first-order chi connectivity index (χ1) is 11.0. The SMILES string of the molecule is CN(C)Cc1ccc(NC(=O)c2nc3cccnc3s2)c(F)c1. The largest absolute Gasteiger partial charge is 0.317 e. The first-order valence-corrected chi connectivity index (χ1v) is 7.80. The molecule has 0 aliphatic carbocycles. The van der Waals surface area contributed by atoms with Crippen LogP contribution < -0.4 is 5.32 Å². The van der Waals surface area contributed by atoms with Gasteiger partial charge < -0.3 is 10.2 Å². The monoisotopic (exact) mass is 330 g/mol. The van der Waals surface area contributed by atoms with Crippen molar-refractivity contribution in [2.75, 3.05) is 19.4 Å². The maximum atomic E-state index is 14.1. The zero-order valence-corrected chi connectivity index (χ0v) is 13.5. The van der Waals surface area contributed by atoms with Crippen molar-refractivity contribution in [2.45, 2.75) is 6.54 Å². The summed E-state index contributed by atoms with van der Waals surface area (Å²) in [6.45, 7) is 0.634. The van der Waals surface area contributed by atoms with Gasteiger partial charge in [-0.15, -0.1) is 0 Å². The van der Waals surface area contributed by atoms with Crippen LogP contribution in [0.4, 0.5) is 10.1 Å². The van der Waals surface area contributed by atoms with E-state index in [4.69, 9.17) is 0 Å². The maximum Gasteiger partial charge on any atom is 0.284 e. The molecule has 7 heteroatoms. The Labute approximate surface area is 136 Å². The Balaban J connectivity index is 1.79. The van der Waals surface area contributed by atoms with Gasteiger partial charge in [0.1, 0.15) is 16.2 Å². The minimum atomic E-state index is -0.461. The van der Waals surface area contributed by atoms with Crippen LogP contribution in [0.15, 0.2) is 36.5 Å². The van der Waals surface area contributed by atoms with E-state index in [-0.39, 0.29) is 10.7 Å². The summed E-state index contributed by atoms with van der Waals surface area (Å²) in [6, 6.07) is 8.32. The van der Waals surface area contributed by atoms with E-state index in [2.05, 4.69) is 15.3 Å². The van der Waals surface area contributed by atoms with E-state index in [1.165, 1.54) is 17.4 Å². The third-order valence-electron chi connectivity index (χ3n) is 3.14. The zero-order valence-electron chi connectivity index (χ0n) is 12.7. The highest BCUT2D eigenvalue weighted by Gasteiger charge is 2.15. The molecule has 0 aliphatic heterocycles. The third-order valence-corrected chi connectivity index (χ3v) is 4.12. The van der Waals surface area contributed by atoms with Gasteiger partial charge in [-0.1, -0.05) is 17.4 Å². The number of aromatic nitrogens is 2. The predicted molar refractivity (Wildman–Crippen MR) is 89.2 cm³/mol. The molecule has 0 atom stereocenters. The number of carbonyl (C=O) groups is 1. The van der Waals surface area contributed by atoms with E-state index in [9.17, 15) is 9.18 Å². The molecule has 0 unspecified atom stereocenters. The normalized spacial score (nSPS) is 11.1. The second-order valence-electron chi connectivity index (χ2n) is 5.35. The van der Waals surface area contributed by atoms with Gasteiger partial charge in [0.2, 0.25) is 0 Å². The fourth-order valence-corrected chi connectivity index (χ4v) is 2.97. The first kappa shape index (κ1) is 15.5. The molecule has 3 aromatic rings. The minimum absolute atomic E-state index is 0.143. The third kappa shape index (κ3) is 3.52. The highest BCUT2D eigenvalue weighted by atomic mass is 32.1. The fraction of sp³-hybridized carbons (Fsp3) is 0.188. The quantitative estimate of drug-likeness (QED) is 0.798. The number of halogens is 1. The van der Waals surface area contributed by atoms with Crippen LogP contribution in [0.3, 0.4) is 0 Å². The number of hydrogen-bond acceptors (Lipinski definition) is 5. The Morgan fingerprint density at radius 3 is 2.87 bits per heavy atom. The van der Waals surface area contributed by atoms with Crippen LogP contribution in [-0.4, -0.2) is 34.9 Å². The summed E-state index contributed by atoms with van der Waals surface area (Å²) in [5, 5.41) is 2.82. The average Bonchev–Trinajstić information content (AvgIpc) is 2.93. The van der Waals surface area contributed by atoms with E-state index < -0.39 is 11.7 Å². The van der Waals surface area contributed by atoms with Crippen LogP contribution in [-0.2, 0) is 6.54 Å². The van der Waals surface area contributed by atoms with Crippen LogP contribution >= 0.6 is 11.3 Å². The molecule has 0 saturated heterocycles. The summed E-state index contributed by atoms with van der Waals surface area (Å²) in [5.41, 5.74) is 1.64. The number of nitrogens with zero attached hydrogens (tertiary/aromatic N) is 3. The lowest BCUT2D eigenvalue weighted by Crippen LogP contribution is -2.14. The molecule has 118 valence electrons. The van der Waals surface area contributed by atoms with E-state index in [0.29, 0.717) is 16.9 Å². The summed E-state index contributed by atoms with van der Waals surface area (Å²) >= 11 is 1.18. The number of rotatable bonds is 4. The molecule has 1 aromatic carbocycles. The summed E-state index contributed by atoms with van der Waals surface area (Å²) in [4.78, 5) is 23.2. The van der Waals surface area contributed by atoms with Gasteiger partial charge in [0, 0.05) is 12.7 Å². The smallest absolute Gasteiger partial charge is 0.284 e. The van der Waals surface area contributed by atoms with E-state index in [1.807, 2.05) is 19.0 Å². The summed E-state index contributed by atoms with van der Waals surface area (Å²) < 4.78 is 14.1. The van der Waals surface area contributed by atoms with Crippen molar-refractivity contribution in [2.24, 2.45) is 0 Å². The lowest BCUT2D eigenvalue weighted by molar-refractivity contribution is 0.102. The molecule has 0 saturated carbocycles. The molecule has 1 N–H and O–H groups in total. The highest BCUT2D eigenvalue weighted by Crippen LogP contribution is 2.22. The van der Waals surface area contributed by atoms with Crippen molar-refractivity contribution in [1.82, 2.24) is 14.9 Å². The molecule has 1 amide bonds. The predicted octanol–water partition coefficient (Wildman–Crippen LogP) is 3.14. The van der Waals surface area contributed by atoms with Crippen molar-refractivity contribution in [3.63, 3.8) is 0 Å². The van der Waals surface area contributed by atoms with Crippen molar-refractivity contribution >= 4 is 33.3 Å². The number of thiazole rings is 1. The molecule has 0 aliphatic rings. The van der Waals surface area contributed by atoms with Gasteiger partial charge in [-0.2, -0.15) is 0 Å². The Morgan fingerprint density at radius 1 is 1.35 bits per heavy atom. The zero-order chi connectivity index (χ0) is 16.4. The van der Waals surface area contributed by atoms with E-state index >= 15 is 0 Å². The van der Waals surface area contributed by atoms with Gasteiger partial charge in [-0.3, -0.25) is 4.79 Å². The lowest BCUT2D eigenvalue weighted by atomic mass is 10.2. The van der Waals surface area contributed by atoms with Gasteiger partial charge in [0.05, 0.1) is 5.69 Å². The number of anilines is 1. The summed E-state index contributed by atoms with van der Waals surface area (Å²) in [6.07, 6.45) is 1.64. The van der Waals surface area contributed by atoms with E-state index in [1.54, 1.807) is 30.5 Å². The number of benzene rings is 1. The summed E-state index contributed by atoms with van der Waals surface area (Å²) in [7, 11) is 3.82. The molecule has 2 aromatic heterocycles. The number of fused-ring (bicyclic) bond motifs is 1. The van der Waals surface area contributed by atoms with Gasteiger partial charge in [-0.05, 0) is 43.9 Å². The van der Waals surface area contributed by atoms with Crippen LogP contribution in [0.2, 0.25) is 0 Å². The molecule has 23 heavy (non-hydrogen) atoms. The van der Waals surface area contributed by atoms with Gasteiger partial charge in [0.25, 0.3) is 5.91 Å². The number of hydrogen-bond donors (Lipinski definition) is 1. The van der Waals surface area contributed by atoms with Crippen molar-refractivity contribution in [3.8, 4) is 0 Å². The Hall–Kier alpha value is -2.38. The Morgan fingerprint density at radius 2 is 2.17 bits per heavy atom. The van der Waals surface area contributed by atoms with Crippen LogP contribution in [0, 0.1) is 5.82 Å². The van der Waals surface area contributed by atoms with Crippen LogP contribution in [0.5, 0.6) is 0 Å². The molecule has 0 radical (unpaired) electrons. The first-order valence-electron chi connectivity index (χ1n) is 6.99. The summed E-state index contributed by atoms with van der Waals surface area (Å²) in [5.74, 6) is -0.899. The molecule has 0 spiro atoms. The van der Waals surface area contributed by atoms with E-state index in [0.717, 1.165) is 5.56 Å². The number of amides is 1. The molecular weight excluding hydrogens is 315 g/mol. The Bertz CT molecular complexity index is 829. The maximum absolute atomic E-state index is 14.1. The Kier molecular flexibility index (Phi) is 4.31. The van der Waals surface area contributed by atoms with Gasteiger partial charge >= 0.3 is 0 Å². The number of nitrogens with one attached hydrogen (secondary N) is 1. The fourth-order valence-electron chi connectivity index (χ4n) is 2.17. The van der Waals surface area contributed by atoms with Crippen molar-refractivity contribution in [3.05, 3.63) is 52.9 Å². The second kappa shape index (κ2) is 6.39. The van der Waals surface area contributed by atoms with Crippen LogP contribution in [0.25, 0.3) is 10.3 Å². The standard InChI is InChI=1S/C16H15FN4OS/c1-21(2)9-10-5-6-12(11(17)8-10)19-14(22)16-20-13-4-3-7-18-15(13)23-16/h3-8H,9H2,1-2H3,(H,19,22). The van der Waals surface area contributed by atoms with Crippen molar-refractivity contribution < 1.29 is 9.18 Å². The topological polar surface area (TPSA) is 58.1 Å². The minimum Gasteiger partial charge on any atom is -0.317 e. The highest BCUT2D eigenvalue weighted by molar-refractivity contribution is 7.20. The van der Waals surface area contributed by atoms with Gasteiger partial charge in [0.15, 0.2) is 5.01 Å². The average molecular weight is 330 g/mol. The van der Waals surface area contributed by atoms with Crippen molar-refractivity contribution in [1.29, 1.82) is 0 Å².